The molecule has 2 amide bonds. The van der Waals surface area contributed by atoms with Crippen LogP contribution in [-0.4, -0.2) is 29.8 Å². The normalized spacial score (nSPS) is 10.8. The van der Waals surface area contributed by atoms with Crippen molar-refractivity contribution in [2.45, 2.75) is 72.3 Å². The molecular formula is C26H37FN2O3. The quantitative estimate of drug-likeness (QED) is 0.317. The Hall–Kier alpha value is -2.89. The lowest BCUT2D eigenvalue weighted by Crippen LogP contribution is -2.45. The van der Waals surface area contributed by atoms with Crippen LogP contribution in [0.25, 0.3) is 0 Å². The number of aryl methyl sites for hydroxylation is 1. The van der Waals surface area contributed by atoms with Gasteiger partial charge in [0.05, 0.1) is 7.05 Å². The highest BCUT2D eigenvalue weighted by Crippen LogP contribution is 2.17. The molecule has 0 aliphatic heterocycles. The van der Waals surface area contributed by atoms with Crippen LogP contribution in [0.4, 0.5) is 4.39 Å². The van der Waals surface area contributed by atoms with Crippen LogP contribution < -0.4 is 0 Å². The van der Waals surface area contributed by atoms with Crippen LogP contribution in [0.1, 0.15) is 64.5 Å². The molecule has 0 saturated heterocycles. The smallest absolute Gasteiger partial charge is 0.229 e. The summed E-state index contributed by atoms with van der Waals surface area (Å²) in [6, 6.07) is 16.3. The van der Waals surface area contributed by atoms with E-state index in [-0.39, 0.29) is 31.1 Å². The van der Waals surface area contributed by atoms with Crippen molar-refractivity contribution in [1.82, 2.24) is 4.90 Å². The Kier molecular flexibility index (Phi) is 15.2. The molecule has 0 radical (unpaired) electrons. The van der Waals surface area contributed by atoms with E-state index in [4.69, 9.17) is 4.91 Å². The molecule has 2 aromatic rings. The van der Waals surface area contributed by atoms with E-state index in [1.54, 1.807) is 19.1 Å². The predicted octanol–water partition coefficient (Wildman–Crippen LogP) is 6.34. The molecule has 1 unspecified atom stereocenters. The molecule has 5 nitrogen and oxygen atoms in total. The van der Waals surface area contributed by atoms with E-state index in [9.17, 15) is 14.0 Å². The molecule has 0 fully saturated rings. The highest BCUT2D eigenvalue weighted by Gasteiger charge is 2.27. The zero-order valence-corrected chi connectivity index (χ0v) is 18.7. The van der Waals surface area contributed by atoms with Gasteiger partial charge < -0.3 is 0 Å². The van der Waals surface area contributed by atoms with Gasteiger partial charge in [0.2, 0.25) is 11.8 Å². The summed E-state index contributed by atoms with van der Waals surface area (Å²) in [5, 5.41) is 2.25. The first-order valence-electron chi connectivity index (χ1n) is 10.8. The largest absolute Gasteiger partial charge is 0.279 e. The highest BCUT2D eigenvalue weighted by atomic mass is 19.1. The van der Waals surface area contributed by atoms with Crippen LogP contribution in [0.2, 0.25) is 0 Å². The average molecular weight is 445 g/mol. The number of halogens is 1. The Morgan fingerprint density at radius 2 is 1.53 bits per heavy atom. The molecule has 32 heavy (non-hydrogen) atoms. The maximum Gasteiger partial charge on any atom is 0.229 e. The minimum atomic E-state index is -0.239. The molecule has 0 aliphatic carbocycles. The molecule has 0 aliphatic rings. The highest BCUT2D eigenvalue weighted by molar-refractivity contribution is 5.95. The zero-order valence-electron chi connectivity index (χ0n) is 18.7. The minimum Gasteiger partial charge on any atom is -0.279 e. The monoisotopic (exact) mass is 444 g/mol. The number of nitrogens with zero attached hydrogens (tertiary/aromatic N) is 2. The van der Waals surface area contributed by atoms with Gasteiger partial charge in [-0.25, -0.2) is 4.39 Å². The van der Waals surface area contributed by atoms with Crippen LogP contribution in [0.3, 0.4) is 0 Å². The summed E-state index contributed by atoms with van der Waals surface area (Å²) in [5.74, 6) is -0.434. The van der Waals surface area contributed by atoms with Gasteiger partial charge in [-0.05, 0) is 55.4 Å². The molecule has 0 saturated carbocycles. The topological polar surface area (TPSA) is 66.8 Å². The zero-order chi connectivity index (χ0) is 23.1. The molecule has 2 rings (SSSR count). The van der Waals surface area contributed by atoms with Gasteiger partial charge in [0.25, 0.3) is 0 Å². The summed E-state index contributed by atoms with van der Waals surface area (Å²) in [6.45, 7) is 3.82. The molecule has 2 aromatic carbocycles. The number of imide groups is 1. The van der Waals surface area contributed by atoms with Gasteiger partial charge in [-0.15, -0.1) is 0 Å². The molecule has 176 valence electrons. The van der Waals surface area contributed by atoms with E-state index in [0.717, 1.165) is 30.4 Å². The lowest BCUT2D eigenvalue weighted by Gasteiger charge is -2.29. The summed E-state index contributed by atoms with van der Waals surface area (Å²) in [7, 11) is 1.19. The summed E-state index contributed by atoms with van der Waals surface area (Å²) in [4.78, 5) is 35.4. The van der Waals surface area contributed by atoms with Gasteiger partial charge in [-0.3, -0.25) is 14.5 Å². The fraction of sp³-hybridized carbons (Fsp3) is 0.462. The van der Waals surface area contributed by atoms with Crippen LogP contribution in [0.15, 0.2) is 59.8 Å². The minimum absolute atomic E-state index is 0. The number of rotatable bonds is 10. The SMILES string of the molecule is C.CCC(=O)N(C(=O)CCCCc1ccc(F)cc1)C(CC)Cc1ccccc1.CN=O. The maximum absolute atomic E-state index is 13.0. The predicted molar refractivity (Wildman–Crippen MR) is 129 cm³/mol. The number of amides is 2. The lowest BCUT2D eigenvalue weighted by molar-refractivity contribution is -0.147. The number of carbonyl (C=O) groups is 2. The van der Waals surface area contributed by atoms with Crippen molar-refractivity contribution in [3.05, 3.63) is 76.4 Å². The van der Waals surface area contributed by atoms with E-state index in [2.05, 4.69) is 5.18 Å². The van der Waals surface area contributed by atoms with Gasteiger partial charge in [0, 0.05) is 18.9 Å². The maximum atomic E-state index is 13.0. The van der Waals surface area contributed by atoms with Crippen molar-refractivity contribution in [3.63, 3.8) is 0 Å². The molecule has 0 aromatic heterocycles. The summed E-state index contributed by atoms with van der Waals surface area (Å²) in [5.41, 5.74) is 2.19. The van der Waals surface area contributed by atoms with Crippen molar-refractivity contribution < 1.29 is 14.0 Å². The number of carbonyl (C=O) groups excluding carboxylic acids is 2. The van der Waals surface area contributed by atoms with Gasteiger partial charge in [0.1, 0.15) is 5.82 Å². The molecular weight excluding hydrogens is 407 g/mol. The Morgan fingerprint density at radius 3 is 2.06 bits per heavy atom. The van der Waals surface area contributed by atoms with Crippen molar-refractivity contribution in [2.24, 2.45) is 5.18 Å². The van der Waals surface area contributed by atoms with Crippen molar-refractivity contribution in [3.8, 4) is 0 Å². The third kappa shape index (κ3) is 10.4. The van der Waals surface area contributed by atoms with E-state index in [1.807, 2.05) is 37.3 Å². The van der Waals surface area contributed by atoms with Gasteiger partial charge in [-0.1, -0.05) is 68.9 Å². The van der Waals surface area contributed by atoms with E-state index < -0.39 is 0 Å². The van der Waals surface area contributed by atoms with E-state index >= 15 is 0 Å². The number of unbranched alkanes of at least 4 members (excludes halogenated alkanes) is 1. The number of hydrogen-bond acceptors (Lipinski definition) is 4. The van der Waals surface area contributed by atoms with Crippen molar-refractivity contribution in [2.75, 3.05) is 7.05 Å². The Labute approximate surface area is 192 Å². The van der Waals surface area contributed by atoms with Crippen LogP contribution in [-0.2, 0) is 22.4 Å². The standard InChI is InChI=1S/C24H30FNO2.CH3NO.CH4/c1-3-22(18-20-11-6-5-7-12-20)26(23(27)4-2)24(28)13-9-8-10-19-14-16-21(25)17-15-19;1-2-3;/h5-7,11-12,14-17,22H,3-4,8-10,13,18H2,1-2H3;1H3;1H4. The van der Waals surface area contributed by atoms with Gasteiger partial charge in [-0.2, -0.15) is 4.91 Å². The summed E-state index contributed by atoms with van der Waals surface area (Å²) >= 11 is 0. The Balaban J connectivity index is 0.00000227. The first-order chi connectivity index (χ1) is 15.0. The molecule has 0 spiro atoms. The van der Waals surface area contributed by atoms with Crippen LogP contribution in [0, 0.1) is 10.7 Å². The second-order valence-electron chi connectivity index (χ2n) is 7.28. The molecule has 1 atom stereocenters. The van der Waals surface area contributed by atoms with Gasteiger partial charge >= 0.3 is 0 Å². The van der Waals surface area contributed by atoms with Crippen molar-refractivity contribution in [1.29, 1.82) is 0 Å². The second-order valence-corrected chi connectivity index (χ2v) is 7.28. The molecule has 0 heterocycles. The van der Waals surface area contributed by atoms with Crippen LogP contribution in [0.5, 0.6) is 0 Å². The van der Waals surface area contributed by atoms with Gasteiger partial charge in [0.15, 0.2) is 0 Å². The molecule has 0 bridgehead atoms. The first-order valence-corrected chi connectivity index (χ1v) is 10.8. The summed E-state index contributed by atoms with van der Waals surface area (Å²) in [6.07, 6.45) is 4.46. The van der Waals surface area contributed by atoms with Crippen molar-refractivity contribution >= 4 is 11.8 Å². The number of benzene rings is 2. The third-order valence-electron chi connectivity index (χ3n) is 5.01. The molecule has 0 N–H and O–H groups in total. The number of nitroso groups, excluding NO2 is 1. The second kappa shape index (κ2) is 16.8. The number of hydrogen-bond donors (Lipinski definition) is 0. The third-order valence-corrected chi connectivity index (χ3v) is 5.01. The summed E-state index contributed by atoms with van der Waals surface area (Å²) < 4.78 is 13.0. The van der Waals surface area contributed by atoms with E-state index in [0.29, 0.717) is 25.7 Å². The fourth-order valence-electron chi connectivity index (χ4n) is 3.40. The van der Waals surface area contributed by atoms with E-state index in [1.165, 1.54) is 24.1 Å². The first kappa shape index (κ1) is 29.1. The Morgan fingerprint density at radius 1 is 0.938 bits per heavy atom. The fourth-order valence-corrected chi connectivity index (χ4v) is 3.40. The lowest BCUT2D eigenvalue weighted by atomic mass is 10.0. The average Bonchev–Trinajstić information content (AvgIpc) is 2.78. The van der Waals surface area contributed by atoms with Crippen LogP contribution >= 0.6 is 0 Å². The molecule has 6 heteroatoms. The Bertz CT molecular complexity index is 794.